The minimum Gasteiger partial charge on any atom is -0.361 e. The molecule has 0 aliphatic carbocycles. The molecule has 0 aromatic carbocycles. The molecule has 0 saturated carbocycles. The molecule has 0 aliphatic heterocycles. The van der Waals surface area contributed by atoms with E-state index in [1.165, 1.54) is 18.5 Å². The van der Waals surface area contributed by atoms with Crippen LogP contribution < -0.4 is 0 Å². The van der Waals surface area contributed by atoms with Crippen molar-refractivity contribution in [2.45, 2.75) is 74.1 Å². The number of nitrogens with zero attached hydrogens (tertiary/aromatic N) is 2. The van der Waals surface area contributed by atoms with Crippen LogP contribution in [0.4, 0.5) is 0 Å². The zero-order valence-corrected chi connectivity index (χ0v) is 16.7. The number of thiazole rings is 1. The van der Waals surface area contributed by atoms with E-state index in [1.54, 1.807) is 11.3 Å². The Kier molecular flexibility index (Phi) is 12.6. The second kappa shape index (κ2) is 13.3. The fourth-order valence-corrected chi connectivity index (χ4v) is 2.39. The van der Waals surface area contributed by atoms with Gasteiger partial charge in [0.25, 0.3) is 0 Å². The highest BCUT2D eigenvalue weighted by molar-refractivity contribution is 7.07. The zero-order valence-electron chi connectivity index (χ0n) is 15.9. The van der Waals surface area contributed by atoms with Crippen LogP contribution in [-0.4, -0.2) is 10.1 Å². The maximum absolute atomic E-state index is 5.00. The molecule has 1 unspecified atom stereocenters. The zero-order chi connectivity index (χ0) is 17.7. The molecule has 2 aromatic rings. The van der Waals surface area contributed by atoms with Gasteiger partial charge in [-0.1, -0.05) is 53.1 Å². The van der Waals surface area contributed by atoms with Crippen LogP contribution >= 0.6 is 11.3 Å². The van der Waals surface area contributed by atoms with E-state index in [0.29, 0.717) is 11.8 Å². The van der Waals surface area contributed by atoms with Gasteiger partial charge in [0.2, 0.25) is 0 Å². The summed E-state index contributed by atoms with van der Waals surface area (Å²) in [7, 11) is 0. The van der Waals surface area contributed by atoms with E-state index >= 15 is 0 Å². The summed E-state index contributed by atoms with van der Waals surface area (Å²) in [6.45, 7) is 14.8. The van der Waals surface area contributed by atoms with Gasteiger partial charge in [0, 0.05) is 11.4 Å². The van der Waals surface area contributed by atoms with Crippen molar-refractivity contribution < 1.29 is 4.52 Å². The average Bonchev–Trinajstić information content (AvgIpc) is 3.19. The summed E-state index contributed by atoms with van der Waals surface area (Å²) in [5.41, 5.74) is 4.22. The van der Waals surface area contributed by atoms with Crippen LogP contribution in [0.15, 0.2) is 21.5 Å². The topological polar surface area (TPSA) is 38.9 Å². The molecule has 0 amide bonds. The molecule has 2 heterocycles. The van der Waals surface area contributed by atoms with Crippen molar-refractivity contribution >= 4 is 11.3 Å². The molecule has 0 saturated heterocycles. The third kappa shape index (κ3) is 10.3. The average molecular weight is 339 g/mol. The third-order valence-electron chi connectivity index (χ3n) is 3.62. The first-order chi connectivity index (χ1) is 11.0. The van der Waals surface area contributed by atoms with Gasteiger partial charge in [-0.05, 0) is 38.0 Å². The summed E-state index contributed by atoms with van der Waals surface area (Å²) >= 11 is 1.68. The van der Waals surface area contributed by atoms with Crippen molar-refractivity contribution in [1.29, 1.82) is 0 Å². The van der Waals surface area contributed by atoms with Gasteiger partial charge in [-0.3, -0.25) is 0 Å². The molecule has 23 heavy (non-hydrogen) atoms. The Morgan fingerprint density at radius 3 is 2.30 bits per heavy atom. The molecule has 0 N–H and O–H groups in total. The Balaban J connectivity index is 0.000000392. The smallest absolute Gasteiger partial charge is 0.133 e. The van der Waals surface area contributed by atoms with Crippen LogP contribution in [0.5, 0.6) is 0 Å². The lowest BCUT2D eigenvalue weighted by atomic mass is 9.93. The van der Waals surface area contributed by atoms with Crippen molar-refractivity contribution in [2.24, 2.45) is 11.8 Å². The van der Waals surface area contributed by atoms with Crippen LogP contribution in [0.1, 0.15) is 71.5 Å². The SMILES string of the molecule is CC.CCCCc1cscn1.Cc1cc(CC(C)C(C)C)no1. The highest BCUT2D eigenvalue weighted by atomic mass is 32.1. The number of unbranched alkanes of at least 4 members (excludes halogenated alkanes) is 1. The van der Waals surface area contributed by atoms with Crippen LogP contribution in [0.25, 0.3) is 0 Å². The third-order valence-corrected chi connectivity index (χ3v) is 4.25. The van der Waals surface area contributed by atoms with Gasteiger partial charge in [-0.15, -0.1) is 11.3 Å². The number of hydrogen-bond donors (Lipinski definition) is 0. The molecular weight excluding hydrogens is 304 g/mol. The molecule has 0 fully saturated rings. The Hall–Kier alpha value is -1.16. The molecular formula is C19H34N2OS. The number of rotatable bonds is 6. The van der Waals surface area contributed by atoms with Crippen LogP contribution in [0, 0.1) is 18.8 Å². The maximum Gasteiger partial charge on any atom is 0.133 e. The van der Waals surface area contributed by atoms with Gasteiger partial charge in [-0.25, -0.2) is 4.98 Å². The highest BCUT2D eigenvalue weighted by Crippen LogP contribution is 2.15. The second-order valence-corrected chi connectivity index (χ2v) is 6.66. The predicted molar refractivity (Wildman–Crippen MR) is 101 cm³/mol. The summed E-state index contributed by atoms with van der Waals surface area (Å²) in [5, 5.41) is 6.08. The molecule has 132 valence electrons. The second-order valence-electron chi connectivity index (χ2n) is 5.94. The van der Waals surface area contributed by atoms with Crippen LogP contribution in [0.2, 0.25) is 0 Å². The monoisotopic (exact) mass is 338 g/mol. The fourth-order valence-electron chi connectivity index (χ4n) is 1.80. The number of hydrogen-bond acceptors (Lipinski definition) is 4. The van der Waals surface area contributed by atoms with Gasteiger partial charge in [0.1, 0.15) is 5.76 Å². The maximum atomic E-state index is 5.00. The Morgan fingerprint density at radius 1 is 1.17 bits per heavy atom. The van der Waals surface area contributed by atoms with Crippen molar-refractivity contribution in [2.75, 3.05) is 0 Å². The van der Waals surface area contributed by atoms with Crippen molar-refractivity contribution in [1.82, 2.24) is 10.1 Å². The van der Waals surface area contributed by atoms with Crippen molar-refractivity contribution in [3.05, 3.63) is 34.1 Å². The summed E-state index contributed by atoms with van der Waals surface area (Å²) < 4.78 is 5.00. The van der Waals surface area contributed by atoms with Gasteiger partial charge < -0.3 is 4.52 Å². The Bertz CT molecular complexity index is 477. The quantitative estimate of drug-likeness (QED) is 0.617. The fraction of sp³-hybridized carbons (Fsp3) is 0.684. The number of aromatic nitrogens is 2. The summed E-state index contributed by atoms with van der Waals surface area (Å²) in [4.78, 5) is 4.17. The van der Waals surface area contributed by atoms with E-state index < -0.39 is 0 Å². The van der Waals surface area contributed by atoms with Gasteiger partial charge in [-0.2, -0.15) is 0 Å². The molecule has 4 heteroatoms. The van der Waals surface area contributed by atoms with E-state index in [0.717, 1.165) is 24.3 Å². The summed E-state index contributed by atoms with van der Waals surface area (Å²) in [6.07, 6.45) is 4.70. The van der Waals surface area contributed by atoms with Crippen LogP contribution in [-0.2, 0) is 12.8 Å². The first kappa shape index (κ1) is 21.8. The van der Waals surface area contributed by atoms with Gasteiger partial charge in [0.15, 0.2) is 0 Å². The summed E-state index contributed by atoms with van der Waals surface area (Å²) in [5.74, 6) is 2.29. The minimum absolute atomic E-state index is 0.675. The normalized spacial score (nSPS) is 11.3. The van der Waals surface area contributed by atoms with E-state index in [-0.39, 0.29) is 0 Å². The van der Waals surface area contributed by atoms with E-state index in [9.17, 15) is 0 Å². The van der Waals surface area contributed by atoms with Crippen molar-refractivity contribution in [3.63, 3.8) is 0 Å². The van der Waals surface area contributed by atoms with Gasteiger partial charge in [0.05, 0.1) is 16.9 Å². The Morgan fingerprint density at radius 2 is 1.87 bits per heavy atom. The molecule has 0 bridgehead atoms. The summed E-state index contributed by atoms with van der Waals surface area (Å²) in [6, 6.07) is 2.01. The molecule has 0 aliphatic rings. The number of aryl methyl sites for hydroxylation is 2. The van der Waals surface area contributed by atoms with Crippen molar-refractivity contribution in [3.8, 4) is 0 Å². The molecule has 0 radical (unpaired) electrons. The van der Waals surface area contributed by atoms with E-state index in [4.69, 9.17) is 4.52 Å². The lowest BCUT2D eigenvalue weighted by molar-refractivity contribution is 0.369. The first-order valence-corrected chi connectivity index (χ1v) is 9.76. The molecule has 2 aromatic heterocycles. The molecule has 0 spiro atoms. The van der Waals surface area contributed by atoms with E-state index in [1.807, 2.05) is 32.3 Å². The largest absolute Gasteiger partial charge is 0.361 e. The highest BCUT2D eigenvalue weighted by Gasteiger charge is 2.10. The lowest BCUT2D eigenvalue weighted by Gasteiger charge is -2.12. The molecule has 1 atom stereocenters. The molecule has 2 rings (SSSR count). The predicted octanol–water partition coefficient (Wildman–Crippen LogP) is 6.33. The minimum atomic E-state index is 0.675. The first-order valence-electron chi connectivity index (χ1n) is 8.82. The van der Waals surface area contributed by atoms with Gasteiger partial charge >= 0.3 is 0 Å². The van der Waals surface area contributed by atoms with E-state index in [2.05, 4.69) is 43.2 Å². The molecule has 3 nitrogen and oxygen atoms in total. The standard InChI is InChI=1S/C10H17NO.C7H11NS.C2H6/c1-7(2)8(3)5-10-6-9(4)12-11-10;1-2-3-4-7-5-9-6-8-7;1-2/h6-8H,5H2,1-4H3;5-6H,2-4H2,1H3;1-2H3. The van der Waals surface area contributed by atoms with Crippen LogP contribution in [0.3, 0.4) is 0 Å². The Labute approximate surface area is 146 Å². The lowest BCUT2D eigenvalue weighted by Crippen LogP contribution is -2.07.